The molecule has 2 rings (SSSR count). The highest BCUT2D eigenvalue weighted by molar-refractivity contribution is 14.1. The van der Waals surface area contributed by atoms with Gasteiger partial charge in [-0.15, -0.1) is 0 Å². The topological polar surface area (TPSA) is 50.3 Å². The van der Waals surface area contributed by atoms with Crippen molar-refractivity contribution in [1.82, 2.24) is 15.3 Å². The van der Waals surface area contributed by atoms with Gasteiger partial charge in [0.25, 0.3) is 0 Å². The average Bonchev–Trinajstić information content (AvgIpc) is 2.51. The van der Waals surface area contributed by atoms with Gasteiger partial charge in [-0.2, -0.15) is 4.98 Å². The highest BCUT2D eigenvalue weighted by Crippen LogP contribution is 2.25. The van der Waals surface area contributed by atoms with E-state index in [0.717, 1.165) is 28.3 Å². The summed E-state index contributed by atoms with van der Waals surface area (Å²) < 4.78 is 6.53. The van der Waals surface area contributed by atoms with Crippen molar-refractivity contribution < 1.29 is 4.74 Å². The zero-order chi connectivity index (χ0) is 12.4. The molecular formula is C11H17IN4O. The lowest BCUT2D eigenvalue weighted by atomic mass is 10.3. The number of halogens is 1. The maximum absolute atomic E-state index is 5.61. The quantitative estimate of drug-likeness (QED) is 0.819. The zero-order valence-electron chi connectivity index (χ0n) is 10.3. The largest absolute Gasteiger partial charge is 0.475 e. The molecule has 1 aliphatic rings. The molecule has 0 aliphatic carbocycles. The second-order valence-corrected chi connectivity index (χ2v) is 5.34. The van der Waals surface area contributed by atoms with Gasteiger partial charge in [0.05, 0.1) is 0 Å². The Morgan fingerprint density at radius 2 is 2.18 bits per heavy atom. The maximum atomic E-state index is 5.61. The summed E-state index contributed by atoms with van der Waals surface area (Å²) in [6.07, 6.45) is 0. The molecule has 1 aromatic heterocycles. The minimum absolute atomic E-state index is 0.389. The Morgan fingerprint density at radius 1 is 1.41 bits per heavy atom. The third-order valence-corrected chi connectivity index (χ3v) is 3.51. The predicted molar refractivity (Wildman–Crippen MR) is 75.5 cm³/mol. The number of fused-ring (bicyclic) bond motifs is 1. The third-order valence-electron chi connectivity index (χ3n) is 2.79. The lowest BCUT2D eigenvalue weighted by Gasteiger charge is -2.24. The standard InChI is InChI=1S/C11H17IN4O/c1-7(2)16(3)10-9(12)14-8-6-13-4-5-17-11(8)15-10/h7,13H,4-6H2,1-3H3. The molecule has 0 saturated heterocycles. The molecule has 5 nitrogen and oxygen atoms in total. The summed E-state index contributed by atoms with van der Waals surface area (Å²) in [6.45, 7) is 6.47. The summed E-state index contributed by atoms with van der Waals surface area (Å²) in [6, 6.07) is 0.389. The molecule has 0 fully saturated rings. The van der Waals surface area contributed by atoms with Crippen LogP contribution in [0.3, 0.4) is 0 Å². The molecule has 0 amide bonds. The van der Waals surface area contributed by atoms with E-state index < -0.39 is 0 Å². The molecule has 0 atom stereocenters. The lowest BCUT2D eigenvalue weighted by Crippen LogP contribution is -2.28. The van der Waals surface area contributed by atoms with E-state index in [2.05, 4.69) is 56.6 Å². The van der Waals surface area contributed by atoms with Crippen LogP contribution in [-0.4, -0.2) is 36.2 Å². The Balaban J connectivity index is 2.38. The van der Waals surface area contributed by atoms with E-state index in [0.29, 0.717) is 18.5 Å². The molecule has 0 aromatic carbocycles. The van der Waals surface area contributed by atoms with Gasteiger partial charge < -0.3 is 15.0 Å². The molecule has 0 saturated carbocycles. The van der Waals surface area contributed by atoms with Crippen LogP contribution in [0.25, 0.3) is 0 Å². The van der Waals surface area contributed by atoms with Crippen LogP contribution in [0.5, 0.6) is 5.88 Å². The van der Waals surface area contributed by atoms with Crippen molar-refractivity contribution in [2.75, 3.05) is 25.1 Å². The van der Waals surface area contributed by atoms with Gasteiger partial charge >= 0.3 is 0 Å². The smallest absolute Gasteiger partial charge is 0.239 e. The number of anilines is 1. The first-order chi connectivity index (χ1) is 8.09. The van der Waals surface area contributed by atoms with Crippen LogP contribution in [0.2, 0.25) is 0 Å². The zero-order valence-corrected chi connectivity index (χ0v) is 12.5. The van der Waals surface area contributed by atoms with Gasteiger partial charge in [-0.1, -0.05) is 0 Å². The number of nitrogens with one attached hydrogen (secondary N) is 1. The number of rotatable bonds is 2. The van der Waals surface area contributed by atoms with Gasteiger partial charge in [-0.3, -0.25) is 0 Å². The van der Waals surface area contributed by atoms with Gasteiger partial charge in [0, 0.05) is 26.2 Å². The number of nitrogens with zero attached hydrogens (tertiary/aromatic N) is 3. The average molecular weight is 348 g/mol. The minimum Gasteiger partial charge on any atom is -0.475 e. The molecule has 1 aromatic rings. The van der Waals surface area contributed by atoms with Gasteiger partial charge in [0.1, 0.15) is 16.0 Å². The van der Waals surface area contributed by atoms with E-state index in [1.54, 1.807) is 0 Å². The molecule has 0 bridgehead atoms. The highest BCUT2D eigenvalue weighted by Gasteiger charge is 2.18. The van der Waals surface area contributed by atoms with Gasteiger partial charge in [0.15, 0.2) is 5.82 Å². The molecule has 1 aliphatic heterocycles. The van der Waals surface area contributed by atoms with Gasteiger partial charge in [-0.05, 0) is 36.4 Å². The fourth-order valence-corrected chi connectivity index (χ4v) is 2.34. The van der Waals surface area contributed by atoms with Crippen LogP contribution in [0.15, 0.2) is 0 Å². The van der Waals surface area contributed by atoms with Crippen LogP contribution in [0.1, 0.15) is 19.5 Å². The van der Waals surface area contributed by atoms with Crippen molar-refractivity contribution in [3.05, 3.63) is 9.39 Å². The number of hydrogen-bond acceptors (Lipinski definition) is 5. The summed E-state index contributed by atoms with van der Waals surface area (Å²) in [5.74, 6) is 1.55. The van der Waals surface area contributed by atoms with Crippen LogP contribution >= 0.6 is 22.6 Å². The van der Waals surface area contributed by atoms with E-state index in [1.807, 2.05) is 7.05 Å². The second kappa shape index (κ2) is 5.34. The summed E-state index contributed by atoms with van der Waals surface area (Å²) in [7, 11) is 2.03. The normalized spacial score (nSPS) is 15.1. The van der Waals surface area contributed by atoms with E-state index in [9.17, 15) is 0 Å². The van der Waals surface area contributed by atoms with Crippen LogP contribution in [0, 0.1) is 3.70 Å². The van der Waals surface area contributed by atoms with Crippen molar-refractivity contribution in [3.8, 4) is 5.88 Å². The van der Waals surface area contributed by atoms with Crippen molar-refractivity contribution in [2.45, 2.75) is 26.4 Å². The van der Waals surface area contributed by atoms with E-state index in [1.165, 1.54) is 0 Å². The Morgan fingerprint density at radius 3 is 2.88 bits per heavy atom. The Kier molecular flexibility index (Phi) is 4.03. The first-order valence-corrected chi connectivity index (χ1v) is 6.80. The highest BCUT2D eigenvalue weighted by atomic mass is 127. The molecule has 0 radical (unpaired) electrons. The first-order valence-electron chi connectivity index (χ1n) is 5.72. The number of ether oxygens (including phenoxy) is 1. The number of hydrogen-bond donors (Lipinski definition) is 1. The summed E-state index contributed by atoms with van der Waals surface area (Å²) >= 11 is 2.23. The van der Waals surface area contributed by atoms with Crippen LogP contribution in [-0.2, 0) is 6.54 Å². The summed E-state index contributed by atoms with van der Waals surface area (Å²) in [5, 5.41) is 3.26. The molecular weight excluding hydrogens is 331 g/mol. The predicted octanol–water partition coefficient (Wildman–Crippen LogP) is 1.41. The molecule has 2 heterocycles. The number of aromatic nitrogens is 2. The molecule has 17 heavy (non-hydrogen) atoms. The lowest BCUT2D eigenvalue weighted by molar-refractivity contribution is 0.313. The van der Waals surface area contributed by atoms with E-state index in [-0.39, 0.29) is 0 Å². The molecule has 0 unspecified atom stereocenters. The van der Waals surface area contributed by atoms with Crippen molar-refractivity contribution in [2.24, 2.45) is 0 Å². The Bertz CT molecular complexity index is 411. The Labute approximate surface area is 115 Å². The third kappa shape index (κ3) is 2.79. The first kappa shape index (κ1) is 12.8. The summed E-state index contributed by atoms with van der Waals surface area (Å²) in [5.41, 5.74) is 0.896. The fourth-order valence-electron chi connectivity index (χ4n) is 1.55. The van der Waals surface area contributed by atoms with Crippen molar-refractivity contribution >= 4 is 28.4 Å². The van der Waals surface area contributed by atoms with Crippen molar-refractivity contribution in [3.63, 3.8) is 0 Å². The molecule has 0 spiro atoms. The van der Waals surface area contributed by atoms with E-state index >= 15 is 0 Å². The van der Waals surface area contributed by atoms with Gasteiger partial charge in [0.2, 0.25) is 5.88 Å². The molecule has 6 heteroatoms. The SMILES string of the molecule is CC(C)N(C)c1nc2c(nc1I)CNCCO2. The fraction of sp³-hybridized carbons (Fsp3) is 0.636. The van der Waals surface area contributed by atoms with E-state index in [4.69, 9.17) is 4.74 Å². The monoisotopic (exact) mass is 348 g/mol. The minimum atomic E-state index is 0.389. The molecule has 1 N–H and O–H groups in total. The van der Waals surface area contributed by atoms with Gasteiger partial charge in [-0.25, -0.2) is 4.98 Å². The Hall–Kier alpha value is -0.630. The van der Waals surface area contributed by atoms with Crippen molar-refractivity contribution in [1.29, 1.82) is 0 Å². The van der Waals surface area contributed by atoms with Crippen LogP contribution in [0.4, 0.5) is 5.82 Å². The second-order valence-electron chi connectivity index (χ2n) is 4.32. The summed E-state index contributed by atoms with van der Waals surface area (Å²) in [4.78, 5) is 11.3. The van der Waals surface area contributed by atoms with Crippen LogP contribution < -0.4 is 15.0 Å². The molecule has 94 valence electrons. The maximum Gasteiger partial charge on any atom is 0.239 e.